The van der Waals surface area contributed by atoms with Gasteiger partial charge in [-0.3, -0.25) is 4.79 Å². The van der Waals surface area contributed by atoms with Crippen molar-refractivity contribution in [2.24, 2.45) is 5.92 Å². The van der Waals surface area contributed by atoms with Crippen LogP contribution in [0, 0.1) is 5.92 Å². The van der Waals surface area contributed by atoms with Gasteiger partial charge in [-0.15, -0.1) is 0 Å². The Morgan fingerprint density at radius 1 is 1.82 bits per heavy atom. The first kappa shape index (κ1) is 8.25. The van der Waals surface area contributed by atoms with Crippen molar-refractivity contribution in [3.63, 3.8) is 0 Å². The van der Waals surface area contributed by atoms with Crippen molar-refractivity contribution in [1.29, 1.82) is 0 Å². The molecule has 0 radical (unpaired) electrons. The van der Waals surface area contributed by atoms with Crippen LogP contribution < -0.4 is 0 Å². The van der Waals surface area contributed by atoms with E-state index >= 15 is 0 Å². The molecule has 1 aliphatic rings. The van der Waals surface area contributed by atoms with Gasteiger partial charge in [0.25, 0.3) is 0 Å². The molecule has 0 aliphatic heterocycles. The fourth-order valence-corrected chi connectivity index (χ4v) is 1.41. The SMILES string of the molecule is C=C(C)[C@@H]1CC=C(C=O)CC1. The van der Waals surface area contributed by atoms with Crippen molar-refractivity contribution in [2.45, 2.75) is 26.2 Å². The van der Waals surface area contributed by atoms with Crippen molar-refractivity contribution in [1.82, 2.24) is 0 Å². The molecule has 1 atom stereocenters. The van der Waals surface area contributed by atoms with E-state index in [1.54, 1.807) is 0 Å². The monoisotopic (exact) mass is 150 g/mol. The van der Waals surface area contributed by atoms with E-state index in [0.29, 0.717) is 5.92 Å². The van der Waals surface area contributed by atoms with Gasteiger partial charge in [-0.2, -0.15) is 0 Å². The van der Waals surface area contributed by atoms with Crippen molar-refractivity contribution in [2.75, 3.05) is 0 Å². The molecule has 0 saturated heterocycles. The quantitative estimate of drug-likeness (QED) is 0.436. The minimum atomic E-state index is 0.610. The van der Waals surface area contributed by atoms with Gasteiger partial charge in [0.2, 0.25) is 0 Å². The lowest BCUT2D eigenvalue weighted by Gasteiger charge is -2.19. The molecule has 1 rings (SSSR count). The van der Waals surface area contributed by atoms with Crippen LogP contribution in [-0.4, -0.2) is 6.29 Å². The van der Waals surface area contributed by atoms with E-state index in [9.17, 15) is 4.79 Å². The zero-order valence-corrected chi connectivity index (χ0v) is 6.97. The number of aldehydes is 1. The standard InChI is InChI=1S/C10H14O/c1-8(2)10-5-3-9(7-11)4-6-10/h3,7,10H,1,4-6H2,2H3/t10-/m1/s1. The summed E-state index contributed by atoms with van der Waals surface area (Å²) in [6.07, 6.45) is 6.04. The lowest BCUT2D eigenvalue weighted by molar-refractivity contribution is -0.105. The van der Waals surface area contributed by atoms with Crippen molar-refractivity contribution in [3.8, 4) is 0 Å². The Labute approximate surface area is 67.8 Å². The number of hydrogen-bond donors (Lipinski definition) is 0. The van der Waals surface area contributed by atoms with Crippen LogP contribution in [0.25, 0.3) is 0 Å². The van der Waals surface area contributed by atoms with E-state index in [0.717, 1.165) is 31.1 Å². The van der Waals surface area contributed by atoms with Gasteiger partial charge in [0.15, 0.2) is 0 Å². The zero-order chi connectivity index (χ0) is 8.27. The lowest BCUT2D eigenvalue weighted by Crippen LogP contribution is -2.06. The summed E-state index contributed by atoms with van der Waals surface area (Å²) in [7, 11) is 0. The molecule has 60 valence electrons. The maximum absolute atomic E-state index is 10.3. The number of hydrogen-bond acceptors (Lipinski definition) is 1. The van der Waals surface area contributed by atoms with Gasteiger partial charge in [-0.1, -0.05) is 18.2 Å². The summed E-state index contributed by atoms with van der Waals surface area (Å²) in [5.74, 6) is 0.610. The zero-order valence-electron chi connectivity index (χ0n) is 6.97. The Kier molecular flexibility index (Phi) is 2.64. The molecule has 0 saturated carbocycles. The van der Waals surface area contributed by atoms with E-state index in [1.165, 1.54) is 5.57 Å². The maximum Gasteiger partial charge on any atom is 0.145 e. The number of rotatable bonds is 2. The molecular formula is C10H14O. The highest BCUT2D eigenvalue weighted by molar-refractivity contribution is 5.73. The molecule has 0 aromatic rings. The first-order valence-corrected chi connectivity index (χ1v) is 4.03. The van der Waals surface area contributed by atoms with Gasteiger partial charge in [0.05, 0.1) is 0 Å². The van der Waals surface area contributed by atoms with Gasteiger partial charge in [-0.05, 0) is 37.7 Å². The van der Waals surface area contributed by atoms with Crippen LogP contribution in [0.4, 0.5) is 0 Å². The second kappa shape index (κ2) is 3.51. The highest BCUT2D eigenvalue weighted by atomic mass is 16.1. The molecule has 1 heteroatoms. The van der Waals surface area contributed by atoms with Gasteiger partial charge in [0, 0.05) is 0 Å². The van der Waals surface area contributed by atoms with Crippen LogP contribution in [0.1, 0.15) is 26.2 Å². The van der Waals surface area contributed by atoms with E-state index in [2.05, 4.69) is 13.5 Å². The predicted octanol–water partition coefficient (Wildman–Crippen LogP) is 2.49. The maximum atomic E-state index is 10.3. The van der Waals surface area contributed by atoms with Gasteiger partial charge in [-0.25, -0.2) is 0 Å². The van der Waals surface area contributed by atoms with E-state index in [4.69, 9.17) is 0 Å². The van der Waals surface area contributed by atoms with Crippen LogP contribution in [0.3, 0.4) is 0 Å². The first-order valence-electron chi connectivity index (χ1n) is 4.03. The highest BCUT2D eigenvalue weighted by Gasteiger charge is 2.13. The summed E-state index contributed by atoms with van der Waals surface area (Å²) in [5.41, 5.74) is 2.20. The second-order valence-electron chi connectivity index (χ2n) is 3.21. The van der Waals surface area contributed by atoms with Crippen LogP contribution >= 0.6 is 0 Å². The molecule has 0 amide bonds. The molecule has 0 spiro atoms. The number of carbonyl (C=O) groups excluding carboxylic acids is 1. The minimum absolute atomic E-state index is 0.610. The van der Waals surface area contributed by atoms with Gasteiger partial charge >= 0.3 is 0 Å². The summed E-state index contributed by atoms with van der Waals surface area (Å²) in [6, 6.07) is 0. The van der Waals surface area contributed by atoms with E-state index in [-0.39, 0.29) is 0 Å². The minimum Gasteiger partial charge on any atom is -0.298 e. The van der Waals surface area contributed by atoms with E-state index in [1.807, 2.05) is 6.08 Å². The Balaban J connectivity index is 2.54. The Bertz CT molecular complexity index is 201. The molecule has 0 fully saturated rings. The number of carbonyl (C=O) groups is 1. The number of allylic oxidation sites excluding steroid dienone is 3. The van der Waals surface area contributed by atoms with Crippen molar-refractivity contribution >= 4 is 6.29 Å². The first-order chi connectivity index (χ1) is 5.24. The Hall–Kier alpha value is -0.850. The van der Waals surface area contributed by atoms with E-state index < -0.39 is 0 Å². The third-order valence-corrected chi connectivity index (χ3v) is 2.29. The summed E-state index contributed by atoms with van der Waals surface area (Å²) in [6.45, 7) is 5.97. The molecular weight excluding hydrogens is 136 g/mol. The third kappa shape index (κ3) is 2.04. The molecule has 1 nitrogen and oxygen atoms in total. The Morgan fingerprint density at radius 2 is 2.55 bits per heavy atom. The average molecular weight is 150 g/mol. The fourth-order valence-electron chi connectivity index (χ4n) is 1.41. The van der Waals surface area contributed by atoms with Crippen molar-refractivity contribution < 1.29 is 4.79 Å². The Morgan fingerprint density at radius 3 is 2.91 bits per heavy atom. The van der Waals surface area contributed by atoms with Gasteiger partial charge in [0.1, 0.15) is 6.29 Å². The third-order valence-electron chi connectivity index (χ3n) is 2.29. The largest absolute Gasteiger partial charge is 0.298 e. The van der Waals surface area contributed by atoms with Crippen LogP contribution in [0.15, 0.2) is 23.8 Å². The topological polar surface area (TPSA) is 17.1 Å². The molecule has 0 aromatic heterocycles. The molecule has 11 heavy (non-hydrogen) atoms. The second-order valence-corrected chi connectivity index (χ2v) is 3.21. The predicted molar refractivity (Wildman–Crippen MR) is 46.3 cm³/mol. The summed E-state index contributed by atoms with van der Waals surface area (Å²) in [4.78, 5) is 10.3. The fraction of sp³-hybridized carbons (Fsp3) is 0.500. The molecule has 0 heterocycles. The van der Waals surface area contributed by atoms with Gasteiger partial charge < -0.3 is 0 Å². The van der Waals surface area contributed by atoms with Crippen LogP contribution in [0.5, 0.6) is 0 Å². The average Bonchev–Trinajstić information content (AvgIpc) is 2.05. The van der Waals surface area contributed by atoms with Crippen molar-refractivity contribution in [3.05, 3.63) is 23.8 Å². The lowest BCUT2D eigenvalue weighted by atomic mass is 9.86. The molecule has 0 unspecified atom stereocenters. The molecule has 0 aromatic carbocycles. The summed E-state index contributed by atoms with van der Waals surface area (Å²) < 4.78 is 0. The van der Waals surface area contributed by atoms with Crippen LogP contribution in [-0.2, 0) is 4.79 Å². The highest BCUT2D eigenvalue weighted by Crippen LogP contribution is 2.26. The smallest absolute Gasteiger partial charge is 0.145 e. The molecule has 0 bridgehead atoms. The normalized spacial score (nSPS) is 24.1. The molecule has 1 aliphatic carbocycles. The summed E-state index contributed by atoms with van der Waals surface area (Å²) in [5, 5.41) is 0. The van der Waals surface area contributed by atoms with Crippen LogP contribution in [0.2, 0.25) is 0 Å². The summed E-state index contributed by atoms with van der Waals surface area (Å²) >= 11 is 0. The molecule has 0 N–H and O–H groups in total.